The first-order valence-electron chi connectivity index (χ1n) is 17.8. The summed E-state index contributed by atoms with van der Waals surface area (Å²) >= 11 is 0. The molecular formula is C49H36O. The van der Waals surface area contributed by atoms with E-state index in [9.17, 15) is 0 Å². The first kappa shape index (κ1) is 29.0. The Bertz CT molecular complexity index is 2650. The van der Waals surface area contributed by atoms with Gasteiger partial charge in [0.1, 0.15) is 11.2 Å². The quantitative estimate of drug-likeness (QED) is 0.187. The maximum atomic E-state index is 6.43. The van der Waals surface area contributed by atoms with E-state index in [0.29, 0.717) is 11.8 Å². The molecule has 0 N–H and O–H groups in total. The van der Waals surface area contributed by atoms with Gasteiger partial charge < -0.3 is 4.42 Å². The van der Waals surface area contributed by atoms with E-state index in [2.05, 4.69) is 171 Å². The molecule has 0 amide bonds. The van der Waals surface area contributed by atoms with Gasteiger partial charge in [-0.15, -0.1) is 0 Å². The number of benzene rings is 6. The van der Waals surface area contributed by atoms with Gasteiger partial charge in [0.2, 0.25) is 0 Å². The normalized spacial score (nSPS) is 18.5. The number of rotatable bonds is 4. The number of furan rings is 1. The summed E-state index contributed by atoms with van der Waals surface area (Å²) in [5.74, 6) is 0.835. The molecule has 50 heavy (non-hydrogen) atoms. The third kappa shape index (κ3) is 4.69. The van der Waals surface area contributed by atoms with E-state index in [1.165, 1.54) is 77.4 Å². The maximum Gasteiger partial charge on any atom is 0.136 e. The summed E-state index contributed by atoms with van der Waals surface area (Å²) in [7, 11) is 0. The van der Waals surface area contributed by atoms with Gasteiger partial charge in [-0.3, -0.25) is 0 Å². The van der Waals surface area contributed by atoms with Crippen LogP contribution >= 0.6 is 0 Å². The van der Waals surface area contributed by atoms with Crippen molar-refractivity contribution in [2.24, 2.45) is 11.8 Å². The molecule has 0 saturated heterocycles. The zero-order valence-electron chi connectivity index (χ0n) is 28.1. The van der Waals surface area contributed by atoms with Crippen molar-refractivity contribution in [2.75, 3.05) is 0 Å². The van der Waals surface area contributed by atoms with Crippen LogP contribution in [0.5, 0.6) is 0 Å². The summed E-state index contributed by atoms with van der Waals surface area (Å²) in [4.78, 5) is 0. The third-order valence-electron chi connectivity index (χ3n) is 10.9. The summed E-state index contributed by atoms with van der Waals surface area (Å²) in [5.41, 5.74) is 16.6. The van der Waals surface area contributed by atoms with E-state index in [1.54, 1.807) is 0 Å². The molecular weight excluding hydrogens is 605 g/mol. The van der Waals surface area contributed by atoms with Gasteiger partial charge in [-0.1, -0.05) is 140 Å². The van der Waals surface area contributed by atoms with Crippen LogP contribution in [-0.2, 0) is 0 Å². The van der Waals surface area contributed by atoms with Crippen molar-refractivity contribution in [3.8, 4) is 22.3 Å². The molecule has 10 rings (SSSR count). The van der Waals surface area contributed by atoms with Crippen molar-refractivity contribution in [1.82, 2.24) is 0 Å². The summed E-state index contributed by atoms with van der Waals surface area (Å²) in [5, 5.41) is 4.75. The molecule has 1 heteroatoms. The van der Waals surface area contributed by atoms with Gasteiger partial charge in [-0.25, -0.2) is 0 Å². The molecule has 0 saturated carbocycles. The van der Waals surface area contributed by atoms with Crippen LogP contribution in [0.4, 0.5) is 0 Å². The third-order valence-corrected chi connectivity index (χ3v) is 10.9. The molecule has 0 bridgehead atoms. The maximum absolute atomic E-state index is 6.43. The molecule has 1 nitrogen and oxygen atoms in total. The number of hydrogen-bond donors (Lipinski definition) is 0. The Balaban J connectivity index is 1.11. The zero-order chi connectivity index (χ0) is 33.2. The molecule has 0 radical (unpaired) electrons. The van der Waals surface area contributed by atoms with Crippen molar-refractivity contribution >= 4 is 43.9 Å². The smallest absolute Gasteiger partial charge is 0.136 e. The number of hydrogen-bond acceptors (Lipinski definition) is 1. The average molecular weight is 641 g/mol. The van der Waals surface area contributed by atoms with Crippen LogP contribution in [-0.4, -0.2) is 0 Å². The first-order chi connectivity index (χ1) is 24.7. The van der Waals surface area contributed by atoms with Crippen molar-refractivity contribution < 1.29 is 4.42 Å². The molecule has 1 aromatic heterocycles. The summed E-state index contributed by atoms with van der Waals surface area (Å²) in [6, 6.07) is 48.7. The van der Waals surface area contributed by atoms with Crippen LogP contribution in [0.2, 0.25) is 0 Å². The minimum absolute atomic E-state index is 0.331. The van der Waals surface area contributed by atoms with E-state index >= 15 is 0 Å². The van der Waals surface area contributed by atoms with Gasteiger partial charge in [-0.05, 0) is 121 Å². The van der Waals surface area contributed by atoms with E-state index in [-0.39, 0.29) is 0 Å². The predicted octanol–water partition coefficient (Wildman–Crippen LogP) is 13.4. The predicted molar refractivity (Wildman–Crippen MR) is 211 cm³/mol. The number of allylic oxidation sites excluding steroid dienone is 10. The second kappa shape index (κ2) is 11.6. The van der Waals surface area contributed by atoms with Gasteiger partial charge in [0.05, 0.1) is 0 Å². The average Bonchev–Trinajstić information content (AvgIpc) is 3.54. The van der Waals surface area contributed by atoms with Crippen LogP contribution in [0.15, 0.2) is 185 Å². The van der Waals surface area contributed by atoms with Crippen molar-refractivity contribution in [2.45, 2.75) is 19.8 Å². The molecule has 6 aromatic carbocycles. The highest BCUT2D eigenvalue weighted by Crippen LogP contribution is 2.53. The lowest BCUT2D eigenvalue weighted by molar-refractivity contribution is 0.669. The van der Waals surface area contributed by atoms with Crippen molar-refractivity contribution in [3.05, 3.63) is 192 Å². The second-order valence-corrected chi connectivity index (χ2v) is 14.1. The highest BCUT2D eigenvalue weighted by Gasteiger charge is 2.35. The molecule has 3 aliphatic rings. The van der Waals surface area contributed by atoms with Crippen LogP contribution < -0.4 is 0 Å². The topological polar surface area (TPSA) is 13.1 Å². The first-order valence-corrected chi connectivity index (χ1v) is 17.8. The Morgan fingerprint density at radius 2 is 1.32 bits per heavy atom. The number of fused-ring (bicyclic) bond motifs is 6. The van der Waals surface area contributed by atoms with Gasteiger partial charge in [0.25, 0.3) is 0 Å². The van der Waals surface area contributed by atoms with E-state index in [0.717, 1.165) is 29.4 Å². The fraction of sp³-hybridized carbons (Fsp3) is 0.102. The molecule has 2 unspecified atom stereocenters. The molecule has 238 valence electrons. The largest absolute Gasteiger partial charge is 0.456 e. The van der Waals surface area contributed by atoms with Crippen molar-refractivity contribution in [3.63, 3.8) is 0 Å². The monoisotopic (exact) mass is 640 g/mol. The summed E-state index contributed by atoms with van der Waals surface area (Å²) in [6.45, 7) is 2.35. The standard InChI is InChI=1S/C49H36O/c1-31-24-25-42-43(26-31)48(41-21-8-7-20-40(41)47(42)32-12-3-2-4-13-32)38-19-10-17-34(28-38)33-16-9-18-37(27-33)39-22-11-23-45-49(39)44-29-35-14-5-6-15-36(35)30-46(44)50-45/h2-20,22-25,27-31,41H,21,26H2,1H3. The van der Waals surface area contributed by atoms with Gasteiger partial charge in [0, 0.05) is 16.7 Å². The van der Waals surface area contributed by atoms with Crippen LogP contribution in [0, 0.1) is 11.8 Å². The van der Waals surface area contributed by atoms with Gasteiger partial charge in [-0.2, -0.15) is 0 Å². The van der Waals surface area contributed by atoms with Crippen LogP contribution in [0.25, 0.3) is 66.1 Å². The summed E-state index contributed by atoms with van der Waals surface area (Å²) in [6.07, 6.45) is 13.8. The molecule has 7 aromatic rings. The molecule has 0 aliphatic heterocycles. The van der Waals surface area contributed by atoms with Crippen LogP contribution in [0.1, 0.15) is 30.9 Å². The summed E-state index contributed by atoms with van der Waals surface area (Å²) < 4.78 is 6.43. The molecule has 1 heterocycles. The van der Waals surface area contributed by atoms with Crippen molar-refractivity contribution in [1.29, 1.82) is 0 Å². The highest BCUT2D eigenvalue weighted by molar-refractivity contribution is 6.15. The Morgan fingerprint density at radius 1 is 0.620 bits per heavy atom. The second-order valence-electron chi connectivity index (χ2n) is 14.1. The molecule has 0 fully saturated rings. The van der Waals surface area contributed by atoms with Crippen LogP contribution in [0.3, 0.4) is 0 Å². The Kier molecular flexibility index (Phi) is 6.74. The fourth-order valence-electron chi connectivity index (χ4n) is 8.66. The lowest BCUT2D eigenvalue weighted by atomic mass is 9.66. The fourth-order valence-corrected chi connectivity index (χ4v) is 8.66. The minimum Gasteiger partial charge on any atom is -0.456 e. The Hall–Kier alpha value is -5.92. The Morgan fingerprint density at radius 3 is 2.16 bits per heavy atom. The highest BCUT2D eigenvalue weighted by atomic mass is 16.3. The molecule has 2 atom stereocenters. The van der Waals surface area contributed by atoms with E-state index < -0.39 is 0 Å². The molecule has 3 aliphatic carbocycles. The molecule has 0 spiro atoms. The zero-order valence-corrected chi connectivity index (χ0v) is 28.1. The Labute approximate surface area is 292 Å². The SMILES string of the molecule is CC1C=CC2=C(c3ccccc3)C3=CC=CCC3C(c3cccc(-c4cccc(-c5cccc6oc7cc8ccccc8cc7c56)c4)c3)=C2C1. The minimum atomic E-state index is 0.331. The lowest BCUT2D eigenvalue weighted by Gasteiger charge is -2.38. The van der Waals surface area contributed by atoms with Gasteiger partial charge >= 0.3 is 0 Å². The van der Waals surface area contributed by atoms with E-state index in [1.807, 2.05) is 0 Å². The van der Waals surface area contributed by atoms with Gasteiger partial charge in [0.15, 0.2) is 0 Å². The lowest BCUT2D eigenvalue weighted by Crippen LogP contribution is -2.21. The van der Waals surface area contributed by atoms with E-state index in [4.69, 9.17) is 4.42 Å².